The largest absolute Gasteiger partial charge is 0.481 e. The first-order valence-electron chi connectivity index (χ1n) is 8.56. The van der Waals surface area contributed by atoms with Gasteiger partial charge in [-0.2, -0.15) is 0 Å². The number of hydrogen-bond donors (Lipinski definition) is 2. The summed E-state index contributed by atoms with van der Waals surface area (Å²) < 4.78 is 32.4. The molecule has 0 fully saturated rings. The Hall–Kier alpha value is -0.940. The van der Waals surface area contributed by atoms with Gasteiger partial charge in [-0.25, -0.2) is 0 Å². The molecule has 0 heterocycles. The van der Waals surface area contributed by atoms with E-state index < -0.39 is 39.4 Å². The molecule has 0 radical (unpaired) electrons. The Morgan fingerprint density at radius 2 is 1.42 bits per heavy atom. The van der Waals surface area contributed by atoms with Gasteiger partial charge in [0, 0.05) is 20.6 Å². The first kappa shape index (κ1) is 27.3. The molecule has 5 atom stereocenters. The summed E-state index contributed by atoms with van der Waals surface area (Å²) >= 11 is 0. The van der Waals surface area contributed by atoms with E-state index in [-0.39, 0.29) is 24.5 Å². The second kappa shape index (κ2) is 16.2. The Balaban J connectivity index is 0. The third-order valence-corrected chi connectivity index (χ3v) is 6.75. The summed E-state index contributed by atoms with van der Waals surface area (Å²) in [6.45, 7) is 7.61. The number of hydrogen-bond acceptors (Lipinski definition) is 6. The molecule has 2 N–H and O–H groups in total. The maximum Gasteiger partial charge on any atom is 0.370 e. The molecule has 0 aromatic carbocycles. The minimum absolute atomic E-state index is 0.152. The van der Waals surface area contributed by atoms with Crippen molar-refractivity contribution < 1.29 is 38.4 Å². The van der Waals surface area contributed by atoms with Crippen LogP contribution in [0.3, 0.4) is 0 Å². The smallest absolute Gasteiger partial charge is 0.370 e. The molecule has 8 nitrogen and oxygen atoms in total. The van der Waals surface area contributed by atoms with Crippen LogP contribution < -0.4 is 0 Å². The highest BCUT2D eigenvalue weighted by atomic mass is 31.1. The van der Waals surface area contributed by atoms with Crippen LogP contribution in [0.25, 0.3) is 0 Å². The van der Waals surface area contributed by atoms with Crippen molar-refractivity contribution >= 4 is 27.5 Å². The van der Waals surface area contributed by atoms with Crippen LogP contribution in [0.4, 0.5) is 0 Å². The molecular formula is C16H32O8P2+2. The van der Waals surface area contributed by atoms with Gasteiger partial charge in [0.25, 0.3) is 5.85 Å². The molecule has 0 aliphatic rings. The van der Waals surface area contributed by atoms with E-state index in [1.165, 1.54) is 7.11 Å². The van der Waals surface area contributed by atoms with E-state index in [0.717, 1.165) is 0 Å². The average Bonchev–Trinajstić information content (AvgIpc) is 2.57. The third kappa shape index (κ3) is 13.3. The van der Waals surface area contributed by atoms with Crippen molar-refractivity contribution in [2.75, 3.05) is 32.4 Å². The van der Waals surface area contributed by atoms with E-state index in [1.54, 1.807) is 20.8 Å². The fourth-order valence-electron chi connectivity index (χ4n) is 1.90. The van der Waals surface area contributed by atoms with Crippen LogP contribution in [0.2, 0.25) is 0 Å². The highest BCUT2D eigenvalue weighted by molar-refractivity contribution is 7.45. The maximum atomic E-state index is 11.6. The van der Waals surface area contributed by atoms with Gasteiger partial charge >= 0.3 is 27.5 Å². The Labute approximate surface area is 157 Å². The minimum Gasteiger partial charge on any atom is -0.481 e. The molecule has 0 aromatic heterocycles. The molecule has 0 bridgehead atoms. The van der Waals surface area contributed by atoms with Crippen molar-refractivity contribution in [1.82, 2.24) is 0 Å². The normalized spacial score (nSPS) is 15.1. The van der Waals surface area contributed by atoms with Crippen LogP contribution in [0.1, 0.15) is 40.5 Å². The van der Waals surface area contributed by atoms with Gasteiger partial charge in [-0.3, -0.25) is 9.59 Å². The number of methoxy groups -OCH3 is 1. The molecule has 0 aliphatic carbocycles. The van der Waals surface area contributed by atoms with Gasteiger partial charge in [0.1, 0.15) is 11.8 Å². The quantitative estimate of drug-likeness (QED) is 0.435. The summed E-state index contributed by atoms with van der Waals surface area (Å²) in [6.07, 6.45) is 1.60. The number of rotatable bonds is 13. The zero-order valence-corrected chi connectivity index (χ0v) is 18.0. The van der Waals surface area contributed by atoms with E-state index in [1.807, 2.05) is 6.92 Å². The zero-order valence-electron chi connectivity index (χ0n) is 16.2. The molecule has 10 heteroatoms. The fraction of sp³-hybridized carbons (Fsp3) is 0.875. The van der Waals surface area contributed by atoms with Crippen LogP contribution >= 0.6 is 15.6 Å². The van der Waals surface area contributed by atoms with E-state index in [0.29, 0.717) is 19.4 Å². The Morgan fingerprint density at radius 3 is 1.77 bits per heavy atom. The number of aliphatic carboxylic acids is 2. The molecule has 0 spiro atoms. The van der Waals surface area contributed by atoms with Gasteiger partial charge in [-0.05, 0) is 19.8 Å². The van der Waals surface area contributed by atoms with Crippen molar-refractivity contribution in [3.63, 3.8) is 0 Å². The fourth-order valence-corrected chi connectivity index (χ4v) is 4.66. The lowest BCUT2D eigenvalue weighted by Gasteiger charge is -2.05. The van der Waals surface area contributed by atoms with Crippen molar-refractivity contribution in [2.24, 2.45) is 11.8 Å². The van der Waals surface area contributed by atoms with Crippen molar-refractivity contribution in [3.8, 4) is 0 Å². The Morgan fingerprint density at radius 1 is 0.962 bits per heavy atom. The summed E-state index contributed by atoms with van der Waals surface area (Å²) in [5.74, 6) is -3.11. The summed E-state index contributed by atoms with van der Waals surface area (Å²) in [5, 5.41) is 17.4. The Kier molecular flexibility index (Phi) is 17.0. The molecular weight excluding hydrogens is 382 g/mol. The van der Waals surface area contributed by atoms with E-state index in [9.17, 15) is 18.7 Å². The number of carboxylic acids is 2. The standard InChI is InChI=1S/C9H17O4P.C7H13O4P/c1-4-8(9(10)11)6-14(12)7(3)13-5-2;1-3-6(7(8)9)4-12(10)5-11-2/h7-8H,4-6H2,1-3H3;6H,3-5H2,1-2H3/p+2. The molecule has 0 aromatic rings. The zero-order chi connectivity index (χ0) is 20.7. The lowest BCUT2D eigenvalue weighted by Crippen LogP contribution is -2.17. The van der Waals surface area contributed by atoms with Crippen LogP contribution in [0.5, 0.6) is 0 Å². The highest BCUT2D eigenvalue weighted by Crippen LogP contribution is 2.32. The van der Waals surface area contributed by atoms with Gasteiger partial charge in [-0.15, -0.1) is 0 Å². The lowest BCUT2D eigenvalue weighted by molar-refractivity contribution is -0.142. The molecule has 5 unspecified atom stereocenters. The average molecular weight is 414 g/mol. The number of carbonyl (C=O) groups is 2. The summed E-state index contributed by atoms with van der Waals surface area (Å²) in [7, 11) is -1.64. The predicted octanol–water partition coefficient (Wildman–Crippen LogP) is 3.84. The molecule has 0 rings (SSSR count). The van der Waals surface area contributed by atoms with Gasteiger partial charge in [0.05, 0.1) is 0 Å². The SMILES string of the molecule is CCC(C[P+](=O)COC)C(=O)O.CCOC(C)[P+](=O)CC(CC)C(=O)O. The lowest BCUT2D eigenvalue weighted by atomic mass is 10.1. The van der Waals surface area contributed by atoms with Crippen molar-refractivity contribution in [3.05, 3.63) is 0 Å². The molecule has 0 aliphatic heterocycles. The molecule has 26 heavy (non-hydrogen) atoms. The monoisotopic (exact) mass is 414 g/mol. The first-order valence-corrected chi connectivity index (χ1v) is 11.7. The van der Waals surface area contributed by atoms with E-state index >= 15 is 0 Å². The minimum atomic E-state index is -1.58. The first-order chi connectivity index (χ1) is 12.1. The molecule has 0 saturated heterocycles. The molecule has 152 valence electrons. The van der Waals surface area contributed by atoms with Gasteiger partial charge < -0.3 is 19.7 Å². The summed E-state index contributed by atoms with van der Waals surface area (Å²) in [6, 6.07) is 0. The number of ether oxygens (including phenoxy) is 2. The van der Waals surface area contributed by atoms with Crippen LogP contribution in [-0.2, 0) is 28.2 Å². The third-order valence-electron chi connectivity index (χ3n) is 3.59. The summed E-state index contributed by atoms with van der Waals surface area (Å²) in [5.41, 5.74) is 0. The van der Waals surface area contributed by atoms with E-state index in [2.05, 4.69) is 4.74 Å². The van der Waals surface area contributed by atoms with Crippen molar-refractivity contribution in [1.29, 1.82) is 0 Å². The topological polar surface area (TPSA) is 127 Å². The van der Waals surface area contributed by atoms with Gasteiger partial charge in [0.2, 0.25) is 6.35 Å². The second-order valence-corrected chi connectivity index (χ2v) is 9.14. The second-order valence-electron chi connectivity index (χ2n) is 5.62. The van der Waals surface area contributed by atoms with Crippen molar-refractivity contribution in [2.45, 2.75) is 46.4 Å². The highest BCUT2D eigenvalue weighted by Gasteiger charge is 2.32. The van der Waals surface area contributed by atoms with Gasteiger partial charge in [-0.1, -0.05) is 23.0 Å². The summed E-state index contributed by atoms with van der Waals surface area (Å²) in [4.78, 5) is 21.2. The molecule has 0 amide bonds. The van der Waals surface area contributed by atoms with Gasteiger partial charge in [0.15, 0.2) is 12.3 Å². The predicted molar refractivity (Wildman–Crippen MR) is 101 cm³/mol. The van der Waals surface area contributed by atoms with E-state index in [4.69, 9.17) is 14.9 Å². The maximum absolute atomic E-state index is 11.6. The number of carboxylic acid groups (broad SMARTS) is 2. The van der Waals surface area contributed by atoms with Crippen LogP contribution in [0.15, 0.2) is 0 Å². The Bertz CT molecular complexity index is 456. The van der Waals surface area contributed by atoms with Crippen LogP contribution in [-0.4, -0.2) is 60.4 Å². The molecule has 0 saturated carbocycles. The van der Waals surface area contributed by atoms with Crippen LogP contribution in [0, 0.1) is 11.8 Å².